The Morgan fingerprint density at radius 1 is 1.06 bits per heavy atom. The number of rotatable bonds is 8. The number of anilines is 1. The molecule has 0 spiro atoms. The Morgan fingerprint density at radius 3 is 2.62 bits per heavy atom. The Hall–Kier alpha value is -4.20. The Bertz CT molecular complexity index is 1300. The van der Waals surface area contributed by atoms with Gasteiger partial charge in [0.05, 0.1) is 25.0 Å². The van der Waals surface area contributed by atoms with Gasteiger partial charge in [0, 0.05) is 11.3 Å². The fraction of sp³-hybridized carbons (Fsp3) is 0.192. The fourth-order valence-electron chi connectivity index (χ4n) is 3.28. The van der Waals surface area contributed by atoms with Crippen LogP contribution in [0.5, 0.6) is 11.8 Å². The highest BCUT2D eigenvalue weighted by Gasteiger charge is 2.17. The first-order valence-electron chi connectivity index (χ1n) is 10.8. The summed E-state index contributed by atoms with van der Waals surface area (Å²) in [5.74, 6) is 0.421. The first kappa shape index (κ1) is 23.0. The van der Waals surface area contributed by atoms with E-state index in [1.165, 1.54) is 18.2 Å². The van der Waals surface area contributed by atoms with Crippen molar-refractivity contribution in [3.63, 3.8) is 0 Å². The molecule has 174 valence electrons. The lowest BCUT2D eigenvalue weighted by Crippen LogP contribution is -2.14. The topological polar surface area (TPSA) is 78.3 Å². The zero-order valence-electron chi connectivity index (χ0n) is 19.2. The summed E-state index contributed by atoms with van der Waals surface area (Å²) in [6, 6.07) is 20.6. The quantitative estimate of drug-likeness (QED) is 0.383. The Kier molecular flexibility index (Phi) is 6.87. The number of nitrogens with zero attached hydrogens (tertiary/aromatic N) is 3. The molecule has 4 aromatic rings. The van der Waals surface area contributed by atoms with Gasteiger partial charge in [-0.25, -0.2) is 9.07 Å². The lowest BCUT2D eigenvalue weighted by Gasteiger charge is -2.10. The monoisotopic (exact) mass is 460 g/mol. The lowest BCUT2D eigenvalue weighted by molar-refractivity contribution is 0.102. The maximum Gasteiger partial charge on any atom is 0.336 e. The third-order valence-electron chi connectivity index (χ3n) is 4.93. The van der Waals surface area contributed by atoms with Crippen LogP contribution in [-0.2, 0) is 0 Å². The maximum atomic E-state index is 14.0. The van der Waals surface area contributed by atoms with Crippen molar-refractivity contribution in [1.82, 2.24) is 14.8 Å². The van der Waals surface area contributed by atoms with Gasteiger partial charge in [-0.15, -0.1) is 5.10 Å². The van der Waals surface area contributed by atoms with Gasteiger partial charge in [-0.05, 0) is 48.4 Å². The molecule has 0 aliphatic heterocycles. The van der Waals surface area contributed by atoms with Gasteiger partial charge < -0.3 is 14.8 Å². The minimum Gasteiger partial charge on any atom is -0.497 e. The SMILES string of the molecule is COc1cccc(-c2nc(OCC(C)C)nn2-c2cccc(NC(=O)c3ccccc3F)c2)c1. The van der Waals surface area contributed by atoms with Crippen molar-refractivity contribution < 1.29 is 18.7 Å². The molecular formula is C26H25FN4O3. The van der Waals surface area contributed by atoms with Gasteiger partial charge in [-0.2, -0.15) is 4.98 Å². The second kappa shape index (κ2) is 10.2. The number of carbonyl (C=O) groups excluding carboxylic acids is 1. The van der Waals surface area contributed by atoms with E-state index < -0.39 is 11.7 Å². The molecule has 0 aliphatic rings. The lowest BCUT2D eigenvalue weighted by atomic mass is 10.2. The predicted molar refractivity (Wildman–Crippen MR) is 128 cm³/mol. The van der Waals surface area contributed by atoms with Crippen LogP contribution in [0.4, 0.5) is 10.1 Å². The standard InChI is InChI=1S/C26H25FN4O3/c1-17(2)16-34-26-29-24(18-8-6-11-21(14-18)33-3)31(30-26)20-10-7-9-19(15-20)28-25(32)22-12-4-5-13-23(22)27/h4-15,17H,16H2,1-3H3,(H,28,32). The molecule has 0 unspecified atom stereocenters. The number of carbonyl (C=O) groups is 1. The van der Waals surface area contributed by atoms with Gasteiger partial charge >= 0.3 is 6.01 Å². The summed E-state index contributed by atoms with van der Waals surface area (Å²) < 4.78 is 26.8. The molecule has 0 bridgehead atoms. The number of hydrogen-bond donors (Lipinski definition) is 1. The minimum absolute atomic E-state index is 0.0323. The molecule has 3 aromatic carbocycles. The first-order valence-corrected chi connectivity index (χ1v) is 10.8. The Morgan fingerprint density at radius 2 is 1.85 bits per heavy atom. The van der Waals surface area contributed by atoms with Gasteiger partial charge in [0.25, 0.3) is 5.91 Å². The number of amides is 1. The number of aromatic nitrogens is 3. The normalized spacial score (nSPS) is 10.9. The highest BCUT2D eigenvalue weighted by atomic mass is 19.1. The van der Waals surface area contributed by atoms with Crippen LogP contribution in [-0.4, -0.2) is 34.4 Å². The minimum atomic E-state index is -0.584. The molecule has 1 amide bonds. The van der Waals surface area contributed by atoms with Gasteiger partial charge in [0.2, 0.25) is 0 Å². The number of halogens is 1. The summed E-state index contributed by atoms with van der Waals surface area (Å²) in [7, 11) is 1.60. The molecule has 1 heterocycles. The zero-order chi connectivity index (χ0) is 24.1. The van der Waals surface area contributed by atoms with Gasteiger partial charge in [0.1, 0.15) is 11.6 Å². The van der Waals surface area contributed by atoms with Crippen LogP contribution in [0.1, 0.15) is 24.2 Å². The second-order valence-corrected chi connectivity index (χ2v) is 8.05. The van der Waals surface area contributed by atoms with Crippen molar-refractivity contribution in [2.45, 2.75) is 13.8 Å². The first-order chi connectivity index (χ1) is 16.4. The average Bonchev–Trinajstić information content (AvgIpc) is 3.28. The van der Waals surface area contributed by atoms with E-state index in [-0.39, 0.29) is 11.6 Å². The summed E-state index contributed by atoms with van der Waals surface area (Å²) in [6.45, 7) is 4.56. The zero-order valence-corrected chi connectivity index (χ0v) is 19.2. The van der Waals surface area contributed by atoms with Gasteiger partial charge in [-0.1, -0.05) is 44.2 Å². The summed E-state index contributed by atoms with van der Waals surface area (Å²) >= 11 is 0. The van der Waals surface area contributed by atoms with Gasteiger partial charge in [0.15, 0.2) is 5.82 Å². The summed E-state index contributed by atoms with van der Waals surface area (Å²) in [4.78, 5) is 17.2. The Balaban J connectivity index is 1.70. The predicted octanol–water partition coefficient (Wildman–Crippen LogP) is 5.37. The van der Waals surface area contributed by atoms with E-state index in [0.29, 0.717) is 35.5 Å². The second-order valence-electron chi connectivity index (χ2n) is 8.05. The summed E-state index contributed by atoms with van der Waals surface area (Å²) in [6.07, 6.45) is 0. The molecule has 0 saturated heterocycles. The van der Waals surface area contributed by atoms with Crippen LogP contribution in [0.25, 0.3) is 17.1 Å². The van der Waals surface area contributed by atoms with Crippen molar-refractivity contribution in [3.05, 3.63) is 84.2 Å². The number of methoxy groups -OCH3 is 1. The van der Waals surface area contributed by atoms with E-state index in [9.17, 15) is 9.18 Å². The van der Waals surface area contributed by atoms with Crippen LogP contribution < -0.4 is 14.8 Å². The van der Waals surface area contributed by atoms with E-state index in [4.69, 9.17) is 9.47 Å². The summed E-state index contributed by atoms with van der Waals surface area (Å²) in [5.41, 5.74) is 1.89. The maximum absolute atomic E-state index is 14.0. The highest BCUT2D eigenvalue weighted by molar-refractivity contribution is 6.04. The van der Waals surface area contributed by atoms with Crippen molar-refractivity contribution in [1.29, 1.82) is 0 Å². The van der Waals surface area contributed by atoms with Crippen LogP contribution >= 0.6 is 0 Å². The van der Waals surface area contributed by atoms with Crippen molar-refractivity contribution in [3.8, 4) is 28.8 Å². The molecule has 0 atom stereocenters. The van der Waals surface area contributed by atoms with E-state index in [1.54, 1.807) is 36.1 Å². The van der Waals surface area contributed by atoms with Crippen LogP contribution in [0.3, 0.4) is 0 Å². The Labute approximate surface area is 197 Å². The largest absolute Gasteiger partial charge is 0.497 e. The number of nitrogens with one attached hydrogen (secondary N) is 1. The van der Waals surface area contributed by atoms with E-state index in [2.05, 4.69) is 15.4 Å². The molecule has 0 saturated carbocycles. The number of benzene rings is 3. The molecule has 1 aromatic heterocycles. The highest BCUT2D eigenvalue weighted by Crippen LogP contribution is 2.28. The van der Waals surface area contributed by atoms with E-state index in [0.717, 1.165) is 5.56 Å². The van der Waals surface area contributed by atoms with Crippen molar-refractivity contribution >= 4 is 11.6 Å². The van der Waals surface area contributed by atoms with Crippen molar-refractivity contribution in [2.75, 3.05) is 19.0 Å². The molecule has 4 rings (SSSR count). The van der Waals surface area contributed by atoms with Crippen LogP contribution in [0.15, 0.2) is 72.8 Å². The van der Waals surface area contributed by atoms with Crippen molar-refractivity contribution in [2.24, 2.45) is 5.92 Å². The molecule has 0 fully saturated rings. The molecule has 34 heavy (non-hydrogen) atoms. The molecule has 1 N–H and O–H groups in total. The smallest absolute Gasteiger partial charge is 0.336 e. The van der Waals surface area contributed by atoms with E-state index in [1.807, 2.05) is 44.2 Å². The third kappa shape index (κ3) is 5.23. The van der Waals surface area contributed by atoms with Gasteiger partial charge in [-0.3, -0.25) is 4.79 Å². The molecule has 7 nitrogen and oxygen atoms in total. The van der Waals surface area contributed by atoms with Crippen LogP contribution in [0, 0.1) is 11.7 Å². The average molecular weight is 461 g/mol. The summed E-state index contributed by atoms with van der Waals surface area (Å²) in [5, 5.41) is 7.29. The number of hydrogen-bond acceptors (Lipinski definition) is 5. The fourth-order valence-corrected chi connectivity index (χ4v) is 3.28. The molecule has 8 heteroatoms. The number of ether oxygens (including phenoxy) is 2. The van der Waals surface area contributed by atoms with E-state index >= 15 is 0 Å². The van der Waals surface area contributed by atoms with Crippen LogP contribution in [0.2, 0.25) is 0 Å². The molecule has 0 aliphatic carbocycles. The molecular weight excluding hydrogens is 435 g/mol. The molecule has 0 radical (unpaired) electrons. The third-order valence-corrected chi connectivity index (χ3v) is 4.93.